The minimum absolute atomic E-state index is 0.0244. The van der Waals surface area contributed by atoms with Gasteiger partial charge in [0.15, 0.2) is 6.61 Å². The Labute approximate surface area is 165 Å². The smallest absolute Gasteiger partial charge is 0.258 e. The minimum Gasteiger partial charge on any atom is -0.484 e. The van der Waals surface area contributed by atoms with E-state index in [1.54, 1.807) is 36.4 Å². The van der Waals surface area contributed by atoms with E-state index in [4.69, 9.17) is 10.5 Å². The molecule has 2 rings (SSSR count). The average Bonchev–Trinajstić information content (AvgIpc) is 2.59. The molecule has 0 spiro atoms. The van der Waals surface area contributed by atoms with Crippen molar-refractivity contribution in [2.45, 2.75) is 39.7 Å². The highest BCUT2D eigenvalue weighted by Crippen LogP contribution is 2.29. The van der Waals surface area contributed by atoms with Crippen LogP contribution in [0.15, 0.2) is 48.5 Å². The Balaban J connectivity index is 1.97. The predicted molar refractivity (Wildman–Crippen MR) is 106 cm³/mol. The number of carbonyl (C=O) groups excluding carboxylic acids is 2. The Bertz CT molecular complexity index is 796. The lowest BCUT2D eigenvalue weighted by atomic mass is 9.85. The van der Waals surface area contributed by atoms with E-state index in [-0.39, 0.29) is 36.2 Å². The maximum Gasteiger partial charge on any atom is 0.258 e. The summed E-state index contributed by atoms with van der Waals surface area (Å²) < 4.78 is 18.7. The number of ether oxygens (including phenoxy) is 1. The molecule has 1 unspecified atom stereocenters. The van der Waals surface area contributed by atoms with Crippen LogP contribution >= 0.6 is 0 Å². The highest BCUT2D eigenvalue weighted by atomic mass is 19.1. The van der Waals surface area contributed by atoms with Crippen LogP contribution in [0.2, 0.25) is 0 Å². The van der Waals surface area contributed by atoms with Crippen LogP contribution in [-0.2, 0) is 16.0 Å². The number of hydrogen-bond donors (Lipinski definition) is 2. The standard InChI is InChI=1S/C22H27FN2O3/c1-22(2,3)13-19(16-6-8-17(23)9-7-16)25-21(27)14-28-18-10-4-15(5-11-18)12-20(24)26/h4-11,19H,12-14H2,1-3H3,(H2,24,26)(H,25,27). The molecule has 3 N–H and O–H groups in total. The van der Waals surface area contributed by atoms with Crippen LogP contribution in [0, 0.1) is 11.2 Å². The van der Waals surface area contributed by atoms with Gasteiger partial charge in [0.25, 0.3) is 5.91 Å². The van der Waals surface area contributed by atoms with Gasteiger partial charge in [0.1, 0.15) is 11.6 Å². The number of benzene rings is 2. The molecule has 0 aliphatic heterocycles. The monoisotopic (exact) mass is 386 g/mol. The number of rotatable bonds is 8. The molecule has 0 aromatic heterocycles. The first-order chi connectivity index (χ1) is 13.1. The zero-order chi connectivity index (χ0) is 20.7. The third kappa shape index (κ3) is 7.39. The maximum atomic E-state index is 13.2. The van der Waals surface area contributed by atoms with Gasteiger partial charge in [-0.05, 0) is 47.2 Å². The molecular formula is C22H27FN2O3. The first-order valence-electron chi connectivity index (χ1n) is 9.17. The first kappa shape index (κ1) is 21.4. The molecule has 2 amide bonds. The second-order valence-corrected chi connectivity index (χ2v) is 8.01. The minimum atomic E-state index is -0.404. The van der Waals surface area contributed by atoms with Gasteiger partial charge in [0.05, 0.1) is 12.5 Å². The number of amides is 2. The summed E-state index contributed by atoms with van der Waals surface area (Å²) in [6.07, 6.45) is 0.860. The SMILES string of the molecule is CC(C)(C)CC(NC(=O)COc1ccc(CC(N)=O)cc1)c1ccc(F)cc1. The van der Waals surface area contributed by atoms with Crippen molar-refractivity contribution in [1.82, 2.24) is 5.32 Å². The molecule has 0 aliphatic carbocycles. The Morgan fingerprint density at radius 2 is 1.68 bits per heavy atom. The van der Waals surface area contributed by atoms with Crippen LogP contribution in [0.25, 0.3) is 0 Å². The maximum absolute atomic E-state index is 13.2. The number of nitrogens with one attached hydrogen (secondary N) is 1. The number of nitrogens with two attached hydrogens (primary N) is 1. The fourth-order valence-electron chi connectivity index (χ4n) is 2.85. The van der Waals surface area contributed by atoms with Gasteiger partial charge in [-0.2, -0.15) is 0 Å². The van der Waals surface area contributed by atoms with Crippen LogP contribution in [0.5, 0.6) is 5.75 Å². The summed E-state index contributed by atoms with van der Waals surface area (Å²) in [5, 5.41) is 2.97. The third-order valence-corrected chi connectivity index (χ3v) is 4.10. The van der Waals surface area contributed by atoms with Gasteiger partial charge in [-0.25, -0.2) is 4.39 Å². The van der Waals surface area contributed by atoms with Crippen molar-refractivity contribution in [3.05, 3.63) is 65.5 Å². The summed E-state index contributed by atoms with van der Waals surface area (Å²) in [5.41, 5.74) is 6.77. The molecule has 6 heteroatoms. The Morgan fingerprint density at radius 3 is 2.21 bits per heavy atom. The summed E-state index contributed by atoms with van der Waals surface area (Å²) in [5.74, 6) is -0.455. The zero-order valence-electron chi connectivity index (χ0n) is 16.5. The number of halogens is 1. The lowest BCUT2D eigenvalue weighted by molar-refractivity contribution is -0.124. The fourth-order valence-corrected chi connectivity index (χ4v) is 2.85. The number of primary amides is 1. The van der Waals surface area contributed by atoms with Crippen molar-refractivity contribution in [1.29, 1.82) is 0 Å². The summed E-state index contributed by atoms with van der Waals surface area (Å²) in [6, 6.07) is 12.8. The molecule has 0 fully saturated rings. The topological polar surface area (TPSA) is 81.4 Å². The van der Waals surface area contributed by atoms with E-state index < -0.39 is 5.91 Å². The third-order valence-electron chi connectivity index (χ3n) is 4.10. The lowest BCUT2D eigenvalue weighted by Crippen LogP contribution is -2.34. The highest BCUT2D eigenvalue weighted by Gasteiger charge is 2.22. The van der Waals surface area contributed by atoms with Gasteiger partial charge in [0, 0.05) is 0 Å². The molecule has 5 nitrogen and oxygen atoms in total. The van der Waals surface area contributed by atoms with E-state index in [1.165, 1.54) is 12.1 Å². The Hall–Kier alpha value is -2.89. The largest absolute Gasteiger partial charge is 0.484 e. The van der Waals surface area contributed by atoms with Gasteiger partial charge in [-0.1, -0.05) is 45.0 Å². The van der Waals surface area contributed by atoms with Gasteiger partial charge in [0.2, 0.25) is 5.91 Å². The van der Waals surface area contributed by atoms with Gasteiger partial charge < -0.3 is 15.8 Å². The summed E-state index contributed by atoms with van der Waals surface area (Å²) in [7, 11) is 0. The quantitative estimate of drug-likeness (QED) is 0.728. The van der Waals surface area contributed by atoms with E-state index in [9.17, 15) is 14.0 Å². The first-order valence-corrected chi connectivity index (χ1v) is 9.17. The molecule has 0 radical (unpaired) electrons. The molecule has 150 valence electrons. The molecule has 0 aliphatic rings. The molecule has 1 atom stereocenters. The van der Waals surface area contributed by atoms with Crippen LogP contribution in [0.3, 0.4) is 0 Å². The molecule has 0 saturated heterocycles. The average molecular weight is 386 g/mol. The fraction of sp³-hybridized carbons (Fsp3) is 0.364. The van der Waals surface area contributed by atoms with E-state index in [0.29, 0.717) is 12.2 Å². The molecule has 2 aromatic carbocycles. The van der Waals surface area contributed by atoms with Crippen molar-refractivity contribution in [2.75, 3.05) is 6.61 Å². The van der Waals surface area contributed by atoms with Crippen LogP contribution < -0.4 is 15.8 Å². The van der Waals surface area contributed by atoms with Crippen molar-refractivity contribution in [3.8, 4) is 5.75 Å². The van der Waals surface area contributed by atoms with E-state index in [0.717, 1.165) is 11.1 Å². The van der Waals surface area contributed by atoms with Crippen LogP contribution in [-0.4, -0.2) is 18.4 Å². The summed E-state index contributed by atoms with van der Waals surface area (Å²) >= 11 is 0. The lowest BCUT2D eigenvalue weighted by Gasteiger charge is -2.27. The highest BCUT2D eigenvalue weighted by molar-refractivity contribution is 5.78. The van der Waals surface area contributed by atoms with Gasteiger partial charge >= 0.3 is 0 Å². The molecule has 0 saturated carbocycles. The van der Waals surface area contributed by atoms with Gasteiger partial charge in [-0.15, -0.1) is 0 Å². The summed E-state index contributed by atoms with van der Waals surface area (Å²) in [6.45, 7) is 6.11. The molecule has 0 bridgehead atoms. The van der Waals surface area contributed by atoms with Crippen LogP contribution in [0.1, 0.15) is 44.4 Å². The van der Waals surface area contributed by atoms with E-state index in [2.05, 4.69) is 26.1 Å². The Morgan fingerprint density at radius 1 is 1.07 bits per heavy atom. The van der Waals surface area contributed by atoms with E-state index in [1.807, 2.05) is 0 Å². The van der Waals surface area contributed by atoms with Gasteiger partial charge in [-0.3, -0.25) is 9.59 Å². The van der Waals surface area contributed by atoms with Crippen molar-refractivity contribution >= 4 is 11.8 Å². The second-order valence-electron chi connectivity index (χ2n) is 8.01. The van der Waals surface area contributed by atoms with Crippen molar-refractivity contribution in [2.24, 2.45) is 11.1 Å². The number of hydrogen-bond acceptors (Lipinski definition) is 3. The second kappa shape index (κ2) is 9.35. The number of carbonyl (C=O) groups is 2. The van der Waals surface area contributed by atoms with E-state index >= 15 is 0 Å². The summed E-state index contributed by atoms with van der Waals surface area (Å²) in [4.78, 5) is 23.3. The zero-order valence-corrected chi connectivity index (χ0v) is 16.5. The molecule has 2 aromatic rings. The van der Waals surface area contributed by atoms with Crippen molar-refractivity contribution < 1.29 is 18.7 Å². The normalized spacial score (nSPS) is 12.3. The Kier molecular flexibility index (Phi) is 7.15. The molecule has 0 heterocycles. The van der Waals surface area contributed by atoms with Crippen LogP contribution in [0.4, 0.5) is 4.39 Å². The molecular weight excluding hydrogens is 359 g/mol. The predicted octanol–water partition coefficient (Wildman–Crippen LogP) is 3.53. The molecule has 28 heavy (non-hydrogen) atoms. The van der Waals surface area contributed by atoms with Crippen molar-refractivity contribution in [3.63, 3.8) is 0 Å².